The normalized spacial score (nSPS) is 24.7. The predicted octanol–water partition coefficient (Wildman–Crippen LogP) is 3.71. The van der Waals surface area contributed by atoms with Gasteiger partial charge in [0.15, 0.2) is 0 Å². The molecule has 0 atom stereocenters. The summed E-state index contributed by atoms with van der Waals surface area (Å²) in [6, 6.07) is 0. The van der Waals surface area contributed by atoms with Crippen molar-refractivity contribution in [2.45, 2.75) is 58.9 Å². The highest BCUT2D eigenvalue weighted by Gasteiger charge is 2.22. The minimum atomic E-state index is 0.604. The largest absolute Gasteiger partial charge is 0.444 e. The topological polar surface area (TPSA) is 38.1 Å². The summed E-state index contributed by atoms with van der Waals surface area (Å²) < 4.78 is 5.87. The first-order valence-electron chi connectivity index (χ1n) is 7.30. The fourth-order valence-corrected chi connectivity index (χ4v) is 2.61. The monoisotopic (exact) mass is 250 g/mol. The summed E-state index contributed by atoms with van der Waals surface area (Å²) in [5.74, 6) is 4.09. The first kappa shape index (κ1) is 13.6. The van der Waals surface area contributed by atoms with Crippen molar-refractivity contribution < 1.29 is 4.42 Å². The molecule has 1 heterocycles. The van der Waals surface area contributed by atoms with Gasteiger partial charge >= 0.3 is 0 Å². The van der Waals surface area contributed by atoms with Gasteiger partial charge in [-0.05, 0) is 31.2 Å². The van der Waals surface area contributed by atoms with Crippen LogP contribution in [0.3, 0.4) is 0 Å². The third-order valence-electron chi connectivity index (χ3n) is 3.82. The maximum absolute atomic E-state index is 5.87. The van der Waals surface area contributed by atoms with E-state index >= 15 is 0 Å². The molecule has 0 aliphatic heterocycles. The Labute approximate surface area is 110 Å². The van der Waals surface area contributed by atoms with Crippen molar-refractivity contribution in [2.24, 2.45) is 11.8 Å². The van der Waals surface area contributed by atoms with Crippen LogP contribution < -0.4 is 5.32 Å². The third-order valence-corrected chi connectivity index (χ3v) is 3.82. The molecule has 2 rings (SSSR count). The van der Waals surface area contributed by atoms with E-state index in [0.717, 1.165) is 30.7 Å². The Kier molecular flexibility index (Phi) is 4.81. The van der Waals surface area contributed by atoms with E-state index in [-0.39, 0.29) is 0 Å². The van der Waals surface area contributed by atoms with Crippen molar-refractivity contribution in [1.82, 2.24) is 10.3 Å². The van der Waals surface area contributed by atoms with Crippen LogP contribution in [0, 0.1) is 11.8 Å². The molecule has 1 aromatic rings. The van der Waals surface area contributed by atoms with E-state index in [0.29, 0.717) is 11.8 Å². The summed E-state index contributed by atoms with van der Waals surface area (Å²) in [5.41, 5.74) is 0. The van der Waals surface area contributed by atoms with Gasteiger partial charge in [0, 0.05) is 5.92 Å². The summed E-state index contributed by atoms with van der Waals surface area (Å²) in [7, 11) is 0. The van der Waals surface area contributed by atoms with Gasteiger partial charge in [0.2, 0.25) is 5.89 Å². The van der Waals surface area contributed by atoms with Gasteiger partial charge in [-0.15, -0.1) is 0 Å². The van der Waals surface area contributed by atoms with Gasteiger partial charge in [0.05, 0.1) is 12.7 Å². The van der Waals surface area contributed by atoms with E-state index in [1.54, 1.807) is 0 Å². The van der Waals surface area contributed by atoms with Crippen LogP contribution in [0.2, 0.25) is 0 Å². The molecule has 18 heavy (non-hydrogen) atoms. The summed E-state index contributed by atoms with van der Waals surface area (Å²) in [5, 5.41) is 3.37. The van der Waals surface area contributed by atoms with E-state index < -0.39 is 0 Å². The molecular formula is C15H26N2O. The van der Waals surface area contributed by atoms with Crippen LogP contribution in [0.4, 0.5) is 0 Å². The second-order valence-corrected chi connectivity index (χ2v) is 6.14. The van der Waals surface area contributed by atoms with Gasteiger partial charge in [-0.2, -0.15) is 0 Å². The van der Waals surface area contributed by atoms with Crippen molar-refractivity contribution in [2.75, 3.05) is 6.54 Å². The highest BCUT2D eigenvalue weighted by Crippen LogP contribution is 2.35. The summed E-state index contributed by atoms with van der Waals surface area (Å²) in [6.07, 6.45) is 7.11. The molecule has 0 radical (unpaired) electrons. The van der Waals surface area contributed by atoms with Crippen LogP contribution in [-0.2, 0) is 6.54 Å². The summed E-state index contributed by atoms with van der Waals surface area (Å²) >= 11 is 0. The maximum Gasteiger partial charge on any atom is 0.208 e. The van der Waals surface area contributed by atoms with E-state index in [1.165, 1.54) is 25.7 Å². The molecule has 3 nitrogen and oxygen atoms in total. The molecule has 1 aliphatic carbocycles. The Morgan fingerprint density at radius 3 is 2.72 bits per heavy atom. The number of hydrogen-bond acceptors (Lipinski definition) is 3. The predicted molar refractivity (Wildman–Crippen MR) is 73.4 cm³/mol. The lowest BCUT2D eigenvalue weighted by molar-refractivity contribution is 0.306. The van der Waals surface area contributed by atoms with Crippen molar-refractivity contribution >= 4 is 0 Å². The van der Waals surface area contributed by atoms with Gasteiger partial charge in [0.1, 0.15) is 5.76 Å². The minimum absolute atomic E-state index is 0.604. The highest BCUT2D eigenvalue weighted by atomic mass is 16.4. The summed E-state index contributed by atoms with van der Waals surface area (Å²) in [6.45, 7) is 8.52. The number of hydrogen-bond donors (Lipinski definition) is 1. The van der Waals surface area contributed by atoms with Crippen LogP contribution in [0.5, 0.6) is 0 Å². The number of aromatic nitrogens is 1. The van der Waals surface area contributed by atoms with Gasteiger partial charge in [-0.3, -0.25) is 0 Å². The van der Waals surface area contributed by atoms with Crippen LogP contribution in [0.1, 0.15) is 64.0 Å². The molecule has 1 aromatic heterocycles. The third kappa shape index (κ3) is 3.84. The molecular weight excluding hydrogens is 224 g/mol. The van der Waals surface area contributed by atoms with Crippen molar-refractivity contribution in [1.29, 1.82) is 0 Å². The zero-order chi connectivity index (χ0) is 13.0. The fourth-order valence-electron chi connectivity index (χ4n) is 2.61. The first-order chi connectivity index (χ1) is 8.65. The Hall–Kier alpha value is -0.830. The van der Waals surface area contributed by atoms with Crippen LogP contribution >= 0.6 is 0 Å². The molecule has 102 valence electrons. The molecule has 1 saturated carbocycles. The molecule has 1 fully saturated rings. The second-order valence-electron chi connectivity index (χ2n) is 6.14. The molecule has 0 spiro atoms. The lowest BCUT2D eigenvalue weighted by Gasteiger charge is -2.24. The van der Waals surface area contributed by atoms with Crippen molar-refractivity contribution in [3.63, 3.8) is 0 Å². The quantitative estimate of drug-likeness (QED) is 0.865. The van der Waals surface area contributed by atoms with E-state index in [4.69, 9.17) is 4.42 Å². The van der Waals surface area contributed by atoms with Crippen LogP contribution in [-0.4, -0.2) is 11.5 Å². The number of nitrogens with one attached hydrogen (secondary N) is 1. The lowest BCUT2D eigenvalue weighted by Crippen LogP contribution is -2.19. The maximum atomic E-state index is 5.87. The smallest absolute Gasteiger partial charge is 0.208 e. The Morgan fingerprint density at radius 2 is 2.06 bits per heavy atom. The highest BCUT2D eigenvalue weighted by molar-refractivity contribution is 5.03. The summed E-state index contributed by atoms with van der Waals surface area (Å²) in [4.78, 5) is 4.38. The van der Waals surface area contributed by atoms with Gasteiger partial charge in [0.25, 0.3) is 0 Å². The van der Waals surface area contributed by atoms with Crippen LogP contribution in [0.25, 0.3) is 0 Å². The molecule has 0 amide bonds. The average Bonchev–Trinajstić information content (AvgIpc) is 2.78. The number of rotatable bonds is 5. The number of oxazole rings is 1. The molecule has 1 aliphatic rings. The SMILES string of the molecule is CC(C)CNCc1ncc(C2CCC(C)CC2)o1. The van der Waals surface area contributed by atoms with E-state index in [1.807, 2.05) is 6.20 Å². The van der Waals surface area contributed by atoms with E-state index in [2.05, 4.69) is 31.1 Å². The Morgan fingerprint density at radius 1 is 1.33 bits per heavy atom. The first-order valence-corrected chi connectivity index (χ1v) is 7.30. The zero-order valence-electron chi connectivity index (χ0n) is 11.9. The van der Waals surface area contributed by atoms with Crippen molar-refractivity contribution in [3.8, 4) is 0 Å². The standard InChI is InChI=1S/C15H26N2O/c1-11(2)8-16-10-15-17-9-14(18-15)13-6-4-12(3)5-7-13/h9,11-13,16H,4-8,10H2,1-3H3. The Bertz CT molecular complexity index is 351. The average molecular weight is 250 g/mol. The Balaban J connectivity index is 1.82. The minimum Gasteiger partial charge on any atom is -0.444 e. The van der Waals surface area contributed by atoms with Gasteiger partial charge < -0.3 is 9.73 Å². The molecule has 0 bridgehead atoms. The fraction of sp³-hybridized carbons (Fsp3) is 0.800. The number of nitrogens with zero attached hydrogens (tertiary/aromatic N) is 1. The molecule has 0 aromatic carbocycles. The van der Waals surface area contributed by atoms with Crippen LogP contribution in [0.15, 0.2) is 10.6 Å². The second kappa shape index (κ2) is 6.37. The molecule has 0 unspecified atom stereocenters. The van der Waals surface area contributed by atoms with Gasteiger partial charge in [-0.25, -0.2) is 4.98 Å². The van der Waals surface area contributed by atoms with Gasteiger partial charge in [-0.1, -0.05) is 33.6 Å². The molecule has 3 heteroatoms. The molecule has 1 N–H and O–H groups in total. The zero-order valence-corrected chi connectivity index (χ0v) is 11.9. The lowest BCUT2D eigenvalue weighted by atomic mass is 9.82. The van der Waals surface area contributed by atoms with Crippen molar-refractivity contribution in [3.05, 3.63) is 17.8 Å². The van der Waals surface area contributed by atoms with E-state index in [9.17, 15) is 0 Å². The molecule has 0 saturated heterocycles.